The first-order valence-corrected chi connectivity index (χ1v) is 1.47. The second kappa shape index (κ2) is 3.08. The Labute approximate surface area is 48.5 Å². The Hall–Kier alpha value is -0.123. The van der Waals surface area contributed by atoms with Gasteiger partial charge in [0.25, 0.3) is 0 Å². The molecule has 0 aliphatic heterocycles. The fourth-order valence-electron chi connectivity index (χ4n) is 0.227. The number of hydrogen-bond donors (Lipinski definition) is 0. The van der Waals surface area contributed by atoms with Crippen molar-refractivity contribution < 1.29 is 4.42 Å². The van der Waals surface area contributed by atoms with Crippen LogP contribution in [0, 0.1) is 0 Å². The van der Waals surface area contributed by atoms with Crippen molar-refractivity contribution in [1.82, 2.24) is 0 Å². The molecule has 6 heavy (non-hydrogen) atoms. The van der Waals surface area contributed by atoms with E-state index in [1.54, 1.807) is 12.5 Å². The summed E-state index contributed by atoms with van der Waals surface area (Å²) in [5, 5.41) is 0. The van der Waals surface area contributed by atoms with Crippen LogP contribution >= 0.6 is 0 Å². The van der Waals surface area contributed by atoms with E-state index in [1.165, 1.54) is 0 Å². The van der Waals surface area contributed by atoms with E-state index in [0.717, 1.165) is 0 Å². The first-order chi connectivity index (χ1) is 2.50. The van der Waals surface area contributed by atoms with E-state index in [2.05, 4.69) is 4.42 Å². The van der Waals surface area contributed by atoms with Crippen LogP contribution in [0.15, 0.2) is 29.1 Å². The Balaban J connectivity index is 0.000000250. The molecule has 1 rings (SSSR count). The summed E-state index contributed by atoms with van der Waals surface area (Å²) >= 11 is 0. The molecule has 1 heterocycles. The molecule has 27 valence electrons. The summed E-state index contributed by atoms with van der Waals surface area (Å²) in [5.74, 6) is 0. The van der Waals surface area contributed by atoms with Crippen LogP contribution < -0.4 is 0 Å². The molecule has 0 aromatic carbocycles. The van der Waals surface area contributed by atoms with Gasteiger partial charge in [0.05, 0.1) is 12.5 Å². The average molecular weight is 75.0 g/mol. The van der Waals surface area contributed by atoms with Gasteiger partial charge in [0.15, 0.2) is 0 Å². The molecule has 0 aliphatic carbocycles. The summed E-state index contributed by atoms with van der Waals surface area (Å²) < 4.78 is 4.58. The van der Waals surface area contributed by atoms with Gasteiger partial charge in [-0.3, -0.25) is 0 Å². The summed E-state index contributed by atoms with van der Waals surface area (Å²) in [6.45, 7) is 0. The molecular weight excluding hydrogens is 71.0 g/mol. The molecule has 2 heteroatoms. The average Bonchev–Trinajstić information content (AvgIpc) is 1.76. The third-order valence-corrected chi connectivity index (χ3v) is 0.425. The van der Waals surface area contributed by atoms with Crippen LogP contribution in [-0.4, -0.2) is 18.9 Å². The van der Waals surface area contributed by atoms with Crippen molar-refractivity contribution in [3.63, 3.8) is 0 Å². The van der Waals surface area contributed by atoms with Gasteiger partial charge >= 0.3 is 0 Å². The van der Waals surface area contributed by atoms with Crippen molar-refractivity contribution >= 4 is 18.9 Å². The van der Waals surface area contributed by atoms with Gasteiger partial charge in [-0.25, -0.2) is 0 Å². The van der Waals surface area contributed by atoms with Crippen molar-refractivity contribution in [1.29, 1.82) is 0 Å². The fraction of sp³-hybridized carbons (Fsp3) is 0. The minimum absolute atomic E-state index is 0. The van der Waals surface area contributed by atoms with Crippen molar-refractivity contribution in [2.75, 3.05) is 0 Å². The van der Waals surface area contributed by atoms with Gasteiger partial charge in [0.2, 0.25) is 0 Å². The van der Waals surface area contributed by atoms with Crippen molar-refractivity contribution in [3.8, 4) is 0 Å². The maximum atomic E-state index is 4.58. The van der Waals surface area contributed by atoms with Crippen LogP contribution in [0.25, 0.3) is 0 Å². The van der Waals surface area contributed by atoms with E-state index in [9.17, 15) is 0 Å². The summed E-state index contributed by atoms with van der Waals surface area (Å²) in [5.41, 5.74) is 0. The molecule has 0 unspecified atom stereocenters. The molecule has 0 spiro atoms. The third-order valence-electron chi connectivity index (χ3n) is 0.425. The van der Waals surface area contributed by atoms with Gasteiger partial charge in [-0.05, 0) is 12.1 Å². The van der Waals surface area contributed by atoms with Crippen LogP contribution in [0.1, 0.15) is 0 Å². The zero-order chi connectivity index (χ0) is 3.54. The van der Waals surface area contributed by atoms with Gasteiger partial charge in [-0.1, -0.05) is 0 Å². The standard InChI is InChI=1S/C4H4O.Li/c1-2-4-5-3-1;/h1-4H;. The normalized spacial score (nSPS) is 6.67. The Bertz CT molecular complexity index is 64.0. The van der Waals surface area contributed by atoms with Crippen LogP contribution in [0.3, 0.4) is 0 Å². The molecule has 1 aromatic heterocycles. The predicted octanol–water partition coefficient (Wildman–Crippen LogP) is 0.899. The molecule has 0 atom stereocenters. The molecule has 0 fully saturated rings. The molecule has 0 amide bonds. The molecular formula is C4H4LiO. The quantitative estimate of drug-likeness (QED) is 0.417. The zero-order valence-electron chi connectivity index (χ0n) is 3.72. The molecule has 1 nitrogen and oxygen atoms in total. The first kappa shape index (κ1) is 5.88. The van der Waals surface area contributed by atoms with Gasteiger partial charge in [0, 0.05) is 18.9 Å². The Kier molecular flexibility index (Phi) is 3.02. The molecule has 0 aliphatic rings. The van der Waals surface area contributed by atoms with Gasteiger partial charge in [-0.15, -0.1) is 0 Å². The summed E-state index contributed by atoms with van der Waals surface area (Å²) in [7, 11) is 0. The van der Waals surface area contributed by atoms with Crippen LogP contribution in [0.5, 0.6) is 0 Å². The fourth-order valence-corrected chi connectivity index (χ4v) is 0.227. The molecule has 0 saturated heterocycles. The van der Waals surface area contributed by atoms with Crippen LogP contribution in [0.4, 0.5) is 0 Å². The van der Waals surface area contributed by atoms with E-state index in [0.29, 0.717) is 0 Å². The molecule has 1 aromatic rings. The van der Waals surface area contributed by atoms with Crippen molar-refractivity contribution in [2.45, 2.75) is 0 Å². The molecule has 0 N–H and O–H groups in total. The second-order valence-corrected chi connectivity index (χ2v) is 0.793. The van der Waals surface area contributed by atoms with Crippen molar-refractivity contribution in [3.05, 3.63) is 24.7 Å². The molecule has 1 radical (unpaired) electrons. The molecule has 0 bridgehead atoms. The summed E-state index contributed by atoms with van der Waals surface area (Å²) in [4.78, 5) is 0. The number of rotatable bonds is 0. The molecule has 0 saturated carbocycles. The Morgan fingerprint density at radius 1 is 1.00 bits per heavy atom. The SMILES string of the molecule is [Li].c1ccoc1. The topological polar surface area (TPSA) is 13.1 Å². The minimum atomic E-state index is 0. The Morgan fingerprint density at radius 3 is 1.67 bits per heavy atom. The predicted molar refractivity (Wildman–Crippen MR) is 24.5 cm³/mol. The number of hydrogen-bond acceptors (Lipinski definition) is 1. The van der Waals surface area contributed by atoms with E-state index in [4.69, 9.17) is 0 Å². The maximum Gasteiger partial charge on any atom is 0.0902 e. The smallest absolute Gasteiger partial charge is 0.0902 e. The van der Waals surface area contributed by atoms with E-state index in [-0.39, 0.29) is 18.9 Å². The van der Waals surface area contributed by atoms with Crippen LogP contribution in [-0.2, 0) is 0 Å². The van der Waals surface area contributed by atoms with Gasteiger partial charge < -0.3 is 4.42 Å². The van der Waals surface area contributed by atoms with Crippen molar-refractivity contribution in [2.24, 2.45) is 0 Å². The maximum absolute atomic E-state index is 4.58. The summed E-state index contributed by atoms with van der Waals surface area (Å²) in [6, 6.07) is 3.67. The Morgan fingerprint density at radius 2 is 1.50 bits per heavy atom. The monoisotopic (exact) mass is 75.0 g/mol. The van der Waals surface area contributed by atoms with E-state index < -0.39 is 0 Å². The first-order valence-electron chi connectivity index (χ1n) is 1.47. The third kappa shape index (κ3) is 1.35. The number of furan rings is 1. The zero-order valence-corrected chi connectivity index (χ0v) is 3.72. The van der Waals surface area contributed by atoms with E-state index >= 15 is 0 Å². The van der Waals surface area contributed by atoms with Gasteiger partial charge in [-0.2, -0.15) is 0 Å². The van der Waals surface area contributed by atoms with E-state index in [1.807, 2.05) is 12.1 Å². The second-order valence-electron chi connectivity index (χ2n) is 0.793. The minimum Gasteiger partial charge on any atom is -0.473 e. The van der Waals surface area contributed by atoms with Crippen LogP contribution in [0.2, 0.25) is 0 Å². The van der Waals surface area contributed by atoms with Gasteiger partial charge in [0.1, 0.15) is 0 Å². The largest absolute Gasteiger partial charge is 0.473 e. The summed E-state index contributed by atoms with van der Waals surface area (Å²) in [6.07, 6.45) is 3.25.